The molecule has 0 saturated heterocycles. The van der Waals surface area contributed by atoms with Crippen LogP contribution in [0.2, 0.25) is 0 Å². The van der Waals surface area contributed by atoms with Gasteiger partial charge in [-0.3, -0.25) is 0 Å². The number of hydrogen-bond acceptors (Lipinski definition) is 2. The van der Waals surface area contributed by atoms with Crippen molar-refractivity contribution in [3.05, 3.63) is 87.1 Å². The number of hydrogen-bond donors (Lipinski definition) is 0. The molecule has 3 nitrogen and oxygen atoms in total. The average molecular weight is 435 g/mol. The summed E-state index contributed by atoms with van der Waals surface area (Å²) in [5.74, 6) is 0.886. The number of aromatic nitrogens is 2. The van der Waals surface area contributed by atoms with Crippen LogP contribution in [0.5, 0.6) is 5.75 Å². The van der Waals surface area contributed by atoms with Crippen molar-refractivity contribution in [2.45, 2.75) is 27.2 Å². The second kappa shape index (κ2) is 7.44. The van der Waals surface area contributed by atoms with Crippen LogP contribution in [0, 0.1) is 20.8 Å². The SMILES string of the molecule is COc1ccc(Cc2c(-c3ccc(C)cc3)nc3c(C)cc(Br)cn23)c(C)c1. The minimum Gasteiger partial charge on any atom is -0.497 e. The number of nitrogens with zero attached hydrogens (tertiary/aromatic N) is 2. The molecule has 0 aliphatic heterocycles. The lowest BCUT2D eigenvalue weighted by atomic mass is 10.00. The molecular formula is C24H23BrN2O. The fourth-order valence-electron chi connectivity index (χ4n) is 3.60. The number of benzene rings is 2. The predicted molar refractivity (Wildman–Crippen MR) is 118 cm³/mol. The lowest BCUT2D eigenvalue weighted by Crippen LogP contribution is -2.00. The molecule has 0 unspecified atom stereocenters. The van der Waals surface area contributed by atoms with Gasteiger partial charge in [0, 0.05) is 22.7 Å². The van der Waals surface area contributed by atoms with Gasteiger partial charge in [-0.1, -0.05) is 35.9 Å². The number of pyridine rings is 1. The maximum absolute atomic E-state index is 5.37. The zero-order chi connectivity index (χ0) is 19.8. The van der Waals surface area contributed by atoms with Gasteiger partial charge in [-0.05, 0) is 71.6 Å². The van der Waals surface area contributed by atoms with Crippen LogP contribution in [-0.2, 0) is 6.42 Å². The molecule has 4 rings (SSSR count). The van der Waals surface area contributed by atoms with E-state index in [-0.39, 0.29) is 0 Å². The molecule has 0 aliphatic carbocycles. The van der Waals surface area contributed by atoms with Gasteiger partial charge in [0.1, 0.15) is 11.4 Å². The molecule has 0 aliphatic rings. The normalized spacial score (nSPS) is 11.2. The van der Waals surface area contributed by atoms with Gasteiger partial charge in [0.2, 0.25) is 0 Å². The van der Waals surface area contributed by atoms with Crippen molar-refractivity contribution in [2.24, 2.45) is 0 Å². The molecule has 0 atom stereocenters. The van der Waals surface area contributed by atoms with Gasteiger partial charge in [0.25, 0.3) is 0 Å². The van der Waals surface area contributed by atoms with E-state index < -0.39 is 0 Å². The van der Waals surface area contributed by atoms with Crippen LogP contribution in [0.3, 0.4) is 0 Å². The summed E-state index contributed by atoms with van der Waals surface area (Å²) in [4.78, 5) is 5.03. The lowest BCUT2D eigenvalue weighted by molar-refractivity contribution is 0.414. The molecule has 2 heterocycles. The van der Waals surface area contributed by atoms with Crippen LogP contribution >= 0.6 is 15.9 Å². The maximum atomic E-state index is 5.37. The summed E-state index contributed by atoms with van der Waals surface area (Å²) < 4.78 is 8.64. The summed E-state index contributed by atoms with van der Waals surface area (Å²) in [5.41, 5.74) is 9.27. The molecule has 0 spiro atoms. The summed E-state index contributed by atoms with van der Waals surface area (Å²) in [5, 5.41) is 0. The van der Waals surface area contributed by atoms with Crippen LogP contribution in [0.4, 0.5) is 0 Å². The van der Waals surface area contributed by atoms with Gasteiger partial charge in [-0.2, -0.15) is 0 Å². The second-order valence-corrected chi connectivity index (χ2v) is 8.19. The molecule has 0 N–H and O–H groups in total. The van der Waals surface area contributed by atoms with Gasteiger partial charge in [-0.15, -0.1) is 0 Å². The van der Waals surface area contributed by atoms with Gasteiger partial charge in [0.15, 0.2) is 0 Å². The summed E-state index contributed by atoms with van der Waals surface area (Å²) in [7, 11) is 1.70. The Balaban J connectivity index is 1.92. The quantitative estimate of drug-likeness (QED) is 0.377. The van der Waals surface area contributed by atoms with Crippen LogP contribution in [-0.4, -0.2) is 16.5 Å². The van der Waals surface area contributed by atoms with Gasteiger partial charge in [0.05, 0.1) is 18.5 Å². The lowest BCUT2D eigenvalue weighted by Gasteiger charge is -2.11. The van der Waals surface area contributed by atoms with Crippen molar-refractivity contribution in [1.29, 1.82) is 0 Å². The molecule has 0 saturated carbocycles. The summed E-state index contributed by atoms with van der Waals surface area (Å²) in [6, 6.07) is 17.0. The van der Waals surface area contributed by atoms with Gasteiger partial charge < -0.3 is 9.14 Å². The molecule has 142 valence electrons. The van der Waals surface area contributed by atoms with E-state index in [4.69, 9.17) is 9.72 Å². The van der Waals surface area contributed by atoms with Crippen LogP contribution in [0.25, 0.3) is 16.9 Å². The number of halogens is 1. The van der Waals surface area contributed by atoms with E-state index >= 15 is 0 Å². The zero-order valence-electron chi connectivity index (χ0n) is 16.6. The van der Waals surface area contributed by atoms with Gasteiger partial charge in [-0.25, -0.2) is 4.98 Å². The minimum atomic E-state index is 0.802. The van der Waals surface area contributed by atoms with Crippen molar-refractivity contribution in [3.8, 4) is 17.0 Å². The van der Waals surface area contributed by atoms with Crippen molar-refractivity contribution >= 4 is 21.6 Å². The third-order valence-corrected chi connectivity index (χ3v) is 5.64. The number of imidazole rings is 1. The summed E-state index contributed by atoms with van der Waals surface area (Å²) in [6.45, 7) is 6.35. The minimum absolute atomic E-state index is 0.802. The van der Waals surface area contributed by atoms with Gasteiger partial charge >= 0.3 is 0 Å². The zero-order valence-corrected chi connectivity index (χ0v) is 18.2. The number of rotatable bonds is 4. The third kappa shape index (κ3) is 3.45. The molecule has 0 fully saturated rings. The molecule has 4 aromatic rings. The first-order valence-electron chi connectivity index (χ1n) is 9.34. The maximum Gasteiger partial charge on any atom is 0.140 e. The van der Waals surface area contributed by atoms with Crippen molar-refractivity contribution in [2.75, 3.05) is 7.11 Å². The van der Waals surface area contributed by atoms with Crippen LogP contribution in [0.15, 0.2) is 59.2 Å². The predicted octanol–water partition coefficient (Wildman–Crippen LogP) is 6.29. The highest BCUT2D eigenvalue weighted by Gasteiger charge is 2.17. The standard InChI is InChI=1S/C24H23BrN2O/c1-15-5-7-18(8-6-15)23-22(13-19-9-10-21(28-4)12-16(19)2)27-14-20(25)11-17(3)24(27)26-23/h5-12,14H,13H2,1-4H3. The van der Waals surface area contributed by atoms with Crippen LogP contribution < -0.4 is 4.74 Å². The largest absolute Gasteiger partial charge is 0.497 e. The smallest absolute Gasteiger partial charge is 0.140 e. The number of ether oxygens (including phenoxy) is 1. The Morgan fingerprint density at radius 1 is 0.964 bits per heavy atom. The second-order valence-electron chi connectivity index (χ2n) is 7.28. The van der Waals surface area contributed by atoms with E-state index in [1.54, 1.807) is 7.11 Å². The first-order valence-corrected chi connectivity index (χ1v) is 10.1. The molecule has 0 radical (unpaired) electrons. The molecule has 2 aromatic carbocycles. The highest BCUT2D eigenvalue weighted by molar-refractivity contribution is 9.10. The molecule has 0 bridgehead atoms. The summed E-state index contributed by atoms with van der Waals surface area (Å²) >= 11 is 3.65. The average Bonchev–Trinajstić information content (AvgIpc) is 3.02. The Morgan fingerprint density at radius 2 is 1.71 bits per heavy atom. The first kappa shape index (κ1) is 18.8. The van der Waals surface area contributed by atoms with Crippen molar-refractivity contribution in [1.82, 2.24) is 9.38 Å². The highest BCUT2D eigenvalue weighted by atomic mass is 79.9. The van der Waals surface area contributed by atoms with E-state index in [2.05, 4.69) is 89.8 Å². The van der Waals surface area contributed by atoms with E-state index in [9.17, 15) is 0 Å². The van der Waals surface area contributed by atoms with Crippen molar-refractivity contribution in [3.63, 3.8) is 0 Å². The van der Waals surface area contributed by atoms with E-state index in [1.807, 2.05) is 6.07 Å². The molecule has 4 heteroatoms. The Bertz CT molecular complexity index is 1160. The molecule has 0 amide bonds. The Labute approximate surface area is 174 Å². The highest BCUT2D eigenvalue weighted by Crippen LogP contribution is 2.30. The van der Waals surface area contributed by atoms with E-state index in [0.717, 1.165) is 39.1 Å². The summed E-state index contributed by atoms with van der Waals surface area (Å²) in [6.07, 6.45) is 2.91. The third-order valence-electron chi connectivity index (χ3n) is 5.20. The Hall–Kier alpha value is -2.59. The first-order chi connectivity index (χ1) is 13.5. The fourth-order valence-corrected chi connectivity index (χ4v) is 4.15. The van der Waals surface area contributed by atoms with E-state index in [1.165, 1.54) is 22.4 Å². The molecule has 28 heavy (non-hydrogen) atoms. The monoisotopic (exact) mass is 434 g/mol. The number of aryl methyl sites for hydroxylation is 3. The molecular weight excluding hydrogens is 412 g/mol. The fraction of sp³-hybridized carbons (Fsp3) is 0.208. The van der Waals surface area contributed by atoms with Crippen LogP contribution in [0.1, 0.15) is 27.9 Å². The Kier molecular flexibility index (Phi) is 4.98. The number of methoxy groups -OCH3 is 1. The number of fused-ring (bicyclic) bond motifs is 1. The van der Waals surface area contributed by atoms with Crippen molar-refractivity contribution < 1.29 is 4.74 Å². The Morgan fingerprint density at radius 3 is 2.39 bits per heavy atom. The van der Waals surface area contributed by atoms with E-state index in [0.29, 0.717) is 0 Å². The topological polar surface area (TPSA) is 26.5 Å². The molecule has 2 aromatic heterocycles.